The van der Waals surface area contributed by atoms with Gasteiger partial charge in [0.15, 0.2) is 5.69 Å². The molecule has 1 aromatic heterocycles. The van der Waals surface area contributed by atoms with Crippen LogP contribution in [0.1, 0.15) is 17.6 Å². The number of alkyl halides is 3. The summed E-state index contributed by atoms with van der Waals surface area (Å²) in [6.45, 7) is 0.193. The van der Waals surface area contributed by atoms with E-state index in [2.05, 4.69) is 10.4 Å². The highest BCUT2D eigenvalue weighted by Gasteiger charge is 2.40. The Morgan fingerprint density at radius 3 is 2.72 bits per heavy atom. The van der Waals surface area contributed by atoms with Gasteiger partial charge < -0.3 is 15.8 Å². The first kappa shape index (κ1) is 13.0. The van der Waals surface area contributed by atoms with Gasteiger partial charge in [-0.15, -0.1) is 0 Å². The summed E-state index contributed by atoms with van der Waals surface area (Å²) in [5.41, 5.74) is 4.92. The third-order valence-corrected chi connectivity index (χ3v) is 2.80. The fourth-order valence-electron chi connectivity index (χ4n) is 1.60. The zero-order valence-corrected chi connectivity index (χ0v) is 10.0. The van der Waals surface area contributed by atoms with Gasteiger partial charge in [0.2, 0.25) is 6.23 Å². The SMILES string of the molecule is Cn1nc(C(F)(F)F)c(Cl)c1C1NC(CN)=CO1. The predicted molar refractivity (Wildman–Crippen MR) is 57.3 cm³/mol. The van der Waals surface area contributed by atoms with E-state index in [1.54, 1.807) is 0 Å². The van der Waals surface area contributed by atoms with Crippen molar-refractivity contribution in [3.05, 3.63) is 28.4 Å². The quantitative estimate of drug-likeness (QED) is 0.863. The highest BCUT2D eigenvalue weighted by molar-refractivity contribution is 6.32. The Morgan fingerprint density at radius 1 is 1.61 bits per heavy atom. The van der Waals surface area contributed by atoms with Crippen molar-refractivity contribution in [1.82, 2.24) is 15.1 Å². The van der Waals surface area contributed by atoms with Crippen LogP contribution in [0.4, 0.5) is 13.2 Å². The molecule has 0 saturated heterocycles. The molecule has 1 unspecified atom stereocenters. The minimum Gasteiger partial charge on any atom is -0.471 e. The lowest BCUT2D eigenvalue weighted by Crippen LogP contribution is -2.22. The second-order valence-corrected chi connectivity index (χ2v) is 4.05. The first-order valence-corrected chi connectivity index (χ1v) is 5.33. The maximum absolute atomic E-state index is 12.6. The summed E-state index contributed by atoms with van der Waals surface area (Å²) in [7, 11) is 1.36. The van der Waals surface area contributed by atoms with E-state index in [1.165, 1.54) is 13.3 Å². The summed E-state index contributed by atoms with van der Waals surface area (Å²) >= 11 is 5.71. The van der Waals surface area contributed by atoms with E-state index in [1.807, 2.05) is 0 Å². The number of nitrogens with one attached hydrogen (secondary N) is 1. The fraction of sp³-hybridized carbons (Fsp3) is 0.444. The Morgan fingerprint density at radius 2 is 2.28 bits per heavy atom. The molecule has 100 valence electrons. The molecule has 2 heterocycles. The summed E-state index contributed by atoms with van der Waals surface area (Å²) in [4.78, 5) is 0. The first-order chi connectivity index (χ1) is 8.34. The van der Waals surface area contributed by atoms with Gasteiger partial charge >= 0.3 is 6.18 Å². The molecule has 1 aliphatic heterocycles. The van der Waals surface area contributed by atoms with E-state index < -0.39 is 23.1 Å². The molecule has 0 spiro atoms. The number of hydrogen-bond acceptors (Lipinski definition) is 4. The number of aryl methyl sites for hydroxylation is 1. The first-order valence-electron chi connectivity index (χ1n) is 4.95. The number of nitrogens with two attached hydrogens (primary N) is 1. The van der Waals surface area contributed by atoms with Crippen molar-refractivity contribution in [3.63, 3.8) is 0 Å². The molecule has 0 bridgehead atoms. The van der Waals surface area contributed by atoms with Crippen LogP contribution in [0.25, 0.3) is 0 Å². The molecular formula is C9H10ClF3N4O. The van der Waals surface area contributed by atoms with Gasteiger partial charge in [-0.3, -0.25) is 4.68 Å². The van der Waals surface area contributed by atoms with E-state index in [-0.39, 0.29) is 12.2 Å². The van der Waals surface area contributed by atoms with E-state index >= 15 is 0 Å². The molecule has 5 nitrogen and oxygen atoms in total. The van der Waals surface area contributed by atoms with Gasteiger partial charge in [-0.25, -0.2) is 0 Å². The second-order valence-electron chi connectivity index (χ2n) is 3.68. The Bertz CT molecular complexity index is 497. The lowest BCUT2D eigenvalue weighted by atomic mass is 10.3. The Labute approximate surface area is 105 Å². The molecule has 0 amide bonds. The van der Waals surface area contributed by atoms with Gasteiger partial charge in [0, 0.05) is 13.6 Å². The maximum atomic E-state index is 12.6. The summed E-state index contributed by atoms with van der Waals surface area (Å²) in [5, 5.41) is 5.69. The van der Waals surface area contributed by atoms with Crippen LogP contribution in [0.2, 0.25) is 5.02 Å². The average molecular weight is 283 g/mol. The minimum atomic E-state index is -4.60. The molecular weight excluding hydrogens is 273 g/mol. The van der Waals surface area contributed by atoms with Crippen LogP contribution in [0.15, 0.2) is 12.0 Å². The van der Waals surface area contributed by atoms with Crippen LogP contribution in [-0.4, -0.2) is 16.3 Å². The third kappa shape index (κ3) is 2.13. The molecule has 9 heteroatoms. The van der Waals surface area contributed by atoms with Crippen LogP contribution >= 0.6 is 11.6 Å². The maximum Gasteiger partial charge on any atom is 0.436 e. The van der Waals surface area contributed by atoms with Crippen LogP contribution in [0.3, 0.4) is 0 Å². The number of halogens is 4. The molecule has 18 heavy (non-hydrogen) atoms. The van der Waals surface area contributed by atoms with Gasteiger partial charge in [-0.1, -0.05) is 11.6 Å². The molecule has 1 atom stereocenters. The third-order valence-electron chi connectivity index (χ3n) is 2.43. The summed E-state index contributed by atoms with van der Waals surface area (Å²) in [6, 6.07) is 0. The smallest absolute Gasteiger partial charge is 0.436 e. The van der Waals surface area contributed by atoms with Crippen molar-refractivity contribution in [2.24, 2.45) is 12.8 Å². The van der Waals surface area contributed by atoms with E-state index in [9.17, 15) is 13.2 Å². The average Bonchev–Trinajstić information content (AvgIpc) is 2.82. The molecule has 1 aromatic rings. The van der Waals surface area contributed by atoms with Crippen molar-refractivity contribution < 1.29 is 17.9 Å². The minimum absolute atomic E-state index is 0.101. The van der Waals surface area contributed by atoms with Gasteiger partial charge in [0.05, 0.1) is 5.70 Å². The van der Waals surface area contributed by atoms with Crippen LogP contribution in [-0.2, 0) is 18.0 Å². The lowest BCUT2D eigenvalue weighted by molar-refractivity contribution is -0.141. The summed E-state index contributed by atoms with van der Waals surface area (Å²) in [6.07, 6.45) is -4.07. The van der Waals surface area contributed by atoms with Crippen molar-refractivity contribution in [2.75, 3.05) is 6.54 Å². The standard InChI is InChI=1S/C9H10ClF3N4O/c1-17-6(8-15-4(2-14)3-18-8)5(10)7(16-17)9(11,12)13/h3,8,15H,2,14H2,1H3. The zero-order chi connectivity index (χ0) is 13.5. The number of aromatic nitrogens is 2. The Hall–Kier alpha value is -1.41. The predicted octanol–water partition coefficient (Wildman–Crippen LogP) is 1.51. The molecule has 3 N–H and O–H groups in total. The summed E-state index contributed by atoms with van der Waals surface area (Å²) in [5.74, 6) is 0. The second kappa shape index (κ2) is 4.36. The molecule has 0 aromatic carbocycles. The van der Waals surface area contributed by atoms with E-state index in [4.69, 9.17) is 22.1 Å². The van der Waals surface area contributed by atoms with Crippen molar-refractivity contribution >= 4 is 11.6 Å². The fourth-order valence-corrected chi connectivity index (χ4v) is 1.97. The number of rotatable bonds is 2. The topological polar surface area (TPSA) is 65.1 Å². The van der Waals surface area contributed by atoms with Crippen LogP contribution < -0.4 is 11.1 Å². The molecule has 0 fully saturated rings. The van der Waals surface area contributed by atoms with E-state index in [0.717, 1.165) is 4.68 Å². The molecule has 1 aliphatic rings. The zero-order valence-electron chi connectivity index (χ0n) is 9.25. The normalized spacial score (nSPS) is 19.4. The van der Waals surface area contributed by atoms with Gasteiger partial charge in [-0.2, -0.15) is 18.3 Å². The molecule has 0 saturated carbocycles. The largest absolute Gasteiger partial charge is 0.471 e. The van der Waals surface area contributed by atoms with Crippen molar-refractivity contribution in [1.29, 1.82) is 0 Å². The number of ether oxygens (including phenoxy) is 1. The van der Waals surface area contributed by atoms with Gasteiger partial charge in [-0.05, 0) is 0 Å². The molecule has 0 aliphatic carbocycles. The van der Waals surface area contributed by atoms with Crippen LogP contribution in [0, 0.1) is 0 Å². The highest BCUT2D eigenvalue weighted by Crippen LogP contribution is 2.38. The summed E-state index contributed by atoms with van der Waals surface area (Å²) < 4.78 is 44.1. The molecule has 0 radical (unpaired) electrons. The Balaban J connectivity index is 2.33. The Kier molecular flexibility index (Phi) is 3.16. The highest BCUT2D eigenvalue weighted by atomic mass is 35.5. The van der Waals surface area contributed by atoms with Crippen LogP contribution in [0.5, 0.6) is 0 Å². The lowest BCUT2D eigenvalue weighted by Gasteiger charge is -2.13. The van der Waals surface area contributed by atoms with Crippen molar-refractivity contribution in [2.45, 2.75) is 12.4 Å². The van der Waals surface area contributed by atoms with Gasteiger partial charge in [0.1, 0.15) is 17.0 Å². The van der Waals surface area contributed by atoms with Crippen molar-refractivity contribution in [3.8, 4) is 0 Å². The monoisotopic (exact) mass is 282 g/mol. The number of hydrogen-bond donors (Lipinski definition) is 2. The van der Waals surface area contributed by atoms with Gasteiger partial charge in [0.25, 0.3) is 0 Å². The molecule has 2 rings (SSSR count). The van der Waals surface area contributed by atoms with E-state index in [0.29, 0.717) is 5.70 Å². The number of nitrogens with zero attached hydrogens (tertiary/aromatic N) is 2.